The SMILES string of the molecule is O=C(CNC(c1ccccc1)c1ccccc1)OCc1ccccc1. The topological polar surface area (TPSA) is 38.3 Å². The van der Waals surface area contributed by atoms with E-state index >= 15 is 0 Å². The van der Waals surface area contributed by atoms with Crippen molar-refractivity contribution in [2.45, 2.75) is 12.6 Å². The Kier molecular flexibility index (Phi) is 5.96. The molecule has 3 aromatic rings. The number of rotatable bonds is 7. The first kappa shape index (κ1) is 16.9. The highest BCUT2D eigenvalue weighted by atomic mass is 16.5. The molecule has 3 nitrogen and oxygen atoms in total. The van der Waals surface area contributed by atoms with Gasteiger partial charge in [0.2, 0.25) is 0 Å². The molecule has 0 aliphatic rings. The van der Waals surface area contributed by atoms with Crippen LogP contribution in [-0.2, 0) is 16.1 Å². The van der Waals surface area contributed by atoms with Crippen LogP contribution in [0.1, 0.15) is 22.7 Å². The predicted octanol–water partition coefficient (Wildman–Crippen LogP) is 4.11. The highest BCUT2D eigenvalue weighted by Gasteiger charge is 2.15. The van der Waals surface area contributed by atoms with Crippen molar-refractivity contribution in [3.63, 3.8) is 0 Å². The second kappa shape index (κ2) is 8.81. The van der Waals surface area contributed by atoms with Gasteiger partial charge in [-0.1, -0.05) is 91.0 Å². The maximum Gasteiger partial charge on any atom is 0.320 e. The number of benzene rings is 3. The first-order chi connectivity index (χ1) is 12.3. The molecule has 3 heteroatoms. The molecule has 0 saturated carbocycles. The molecule has 0 aliphatic heterocycles. The van der Waals surface area contributed by atoms with Crippen LogP contribution in [-0.4, -0.2) is 12.5 Å². The van der Waals surface area contributed by atoms with Crippen LogP contribution in [0.15, 0.2) is 91.0 Å². The largest absolute Gasteiger partial charge is 0.460 e. The molecule has 3 rings (SSSR count). The zero-order valence-electron chi connectivity index (χ0n) is 14.0. The maximum absolute atomic E-state index is 12.1. The smallest absolute Gasteiger partial charge is 0.320 e. The Bertz CT molecular complexity index is 733. The van der Waals surface area contributed by atoms with Crippen LogP contribution in [0.4, 0.5) is 0 Å². The summed E-state index contributed by atoms with van der Waals surface area (Å²) in [7, 11) is 0. The van der Waals surface area contributed by atoms with Crippen molar-refractivity contribution >= 4 is 5.97 Å². The molecule has 0 atom stereocenters. The summed E-state index contributed by atoms with van der Waals surface area (Å²) in [5.41, 5.74) is 3.22. The molecule has 126 valence electrons. The van der Waals surface area contributed by atoms with Gasteiger partial charge >= 0.3 is 5.97 Å². The molecule has 3 aromatic carbocycles. The molecule has 25 heavy (non-hydrogen) atoms. The molecule has 0 heterocycles. The fourth-order valence-corrected chi connectivity index (χ4v) is 2.69. The van der Waals surface area contributed by atoms with Crippen molar-refractivity contribution in [1.29, 1.82) is 0 Å². The minimum absolute atomic E-state index is 0.0494. The van der Waals surface area contributed by atoms with E-state index in [9.17, 15) is 4.79 Å². The zero-order chi connectivity index (χ0) is 17.3. The lowest BCUT2D eigenvalue weighted by molar-refractivity contribution is -0.143. The Labute approximate surface area is 148 Å². The van der Waals surface area contributed by atoms with E-state index in [0.717, 1.165) is 16.7 Å². The van der Waals surface area contributed by atoms with Crippen molar-refractivity contribution in [1.82, 2.24) is 5.32 Å². The van der Waals surface area contributed by atoms with E-state index in [1.807, 2.05) is 66.7 Å². The minimum Gasteiger partial charge on any atom is -0.460 e. The van der Waals surface area contributed by atoms with Gasteiger partial charge in [0, 0.05) is 0 Å². The van der Waals surface area contributed by atoms with Crippen LogP contribution in [0, 0.1) is 0 Å². The van der Waals surface area contributed by atoms with E-state index in [0.29, 0.717) is 6.61 Å². The summed E-state index contributed by atoms with van der Waals surface area (Å²) in [5, 5.41) is 3.31. The summed E-state index contributed by atoms with van der Waals surface area (Å²) in [6, 6.07) is 29.8. The number of carbonyl (C=O) groups is 1. The summed E-state index contributed by atoms with van der Waals surface area (Å²) in [6.07, 6.45) is 0. The average molecular weight is 331 g/mol. The zero-order valence-corrected chi connectivity index (χ0v) is 14.0. The predicted molar refractivity (Wildman–Crippen MR) is 99.0 cm³/mol. The van der Waals surface area contributed by atoms with Gasteiger partial charge in [0.25, 0.3) is 0 Å². The minimum atomic E-state index is -0.263. The molecule has 1 N–H and O–H groups in total. The fraction of sp³-hybridized carbons (Fsp3) is 0.136. The van der Waals surface area contributed by atoms with Crippen molar-refractivity contribution in [2.75, 3.05) is 6.54 Å². The Morgan fingerprint density at radius 2 is 1.24 bits per heavy atom. The first-order valence-electron chi connectivity index (χ1n) is 8.36. The van der Waals surface area contributed by atoms with Crippen LogP contribution >= 0.6 is 0 Å². The summed E-state index contributed by atoms with van der Waals surface area (Å²) < 4.78 is 5.35. The monoisotopic (exact) mass is 331 g/mol. The maximum atomic E-state index is 12.1. The van der Waals surface area contributed by atoms with E-state index in [4.69, 9.17) is 4.74 Å². The molecule has 0 fully saturated rings. The number of ether oxygens (including phenoxy) is 1. The third kappa shape index (κ3) is 5.03. The van der Waals surface area contributed by atoms with E-state index < -0.39 is 0 Å². The van der Waals surface area contributed by atoms with Crippen LogP contribution in [0.2, 0.25) is 0 Å². The van der Waals surface area contributed by atoms with E-state index in [-0.39, 0.29) is 18.6 Å². The quantitative estimate of drug-likeness (QED) is 0.662. The lowest BCUT2D eigenvalue weighted by Crippen LogP contribution is -2.29. The van der Waals surface area contributed by atoms with Gasteiger partial charge in [0.15, 0.2) is 0 Å². The van der Waals surface area contributed by atoms with Gasteiger partial charge in [0.05, 0.1) is 12.6 Å². The molecule has 0 aliphatic carbocycles. The first-order valence-corrected chi connectivity index (χ1v) is 8.36. The summed E-state index contributed by atoms with van der Waals surface area (Å²) in [5.74, 6) is -0.263. The molecule has 0 bridgehead atoms. The van der Waals surface area contributed by atoms with Crippen molar-refractivity contribution in [3.05, 3.63) is 108 Å². The van der Waals surface area contributed by atoms with Crippen LogP contribution in [0.3, 0.4) is 0 Å². The molecular formula is C22H21NO2. The standard InChI is InChI=1S/C22H21NO2/c24-21(25-17-18-10-4-1-5-11-18)16-23-22(19-12-6-2-7-13-19)20-14-8-3-9-15-20/h1-15,22-23H,16-17H2. The van der Waals surface area contributed by atoms with E-state index in [1.165, 1.54) is 0 Å². The number of esters is 1. The lowest BCUT2D eigenvalue weighted by Gasteiger charge is -2.19. The average Bonchev–Trinajstić information content (AvgIpc) is 2.69. The van der Waals surface area contributed by atoms with Crippen molar-refractivity contribution in [3.8, 4) is 0 Å². The van der Waals surface area contributed by atoms with Gasteiger partial charge in [-0.25, -0.2) is 0 Å². The Morgan fingerprint density at radius 1 is 0.760 bits per heavy atom. The van der Waals surface area contributed by atoms with Crippen LogP contribution in [0.5, 0.6) is 0 Å². The van der Waals surface area contributed by atoms with Gasteiger partial charge in [-0.3, -0.25) is 10.1 Å². The Hall–Kier alpha value is -2.91. The molecular weight excluding hydrogens is 310 g/mol. The Morgan fingerprint density at radius 3 is 1.76 bits per heavy atom. The van der Waals surface area contributed by atoms with Crippen LogP contribution < -0.4 is 5.32 Å². The molecule has 0 aromatic heterocycles. The summed E-state index contributed by atoms with van der Waals surface area (Å²) in [4.78, 5) is 12.1. The molecule has 0 amide bonds. The van der Waals surface area contributed by atoms with Gasteiger partial charge in [-0.05, 0) is 16.7 Å². The molecule has 0 spiro atoms. The lowest BCUT2D eigenvalue weighted by atomic mass is 9.99. The Balaban J connectivity index is 1.62. The molecule has 0 unspecified atom stereocenters. The molecule has 0 radical (unpaired) electrons. The van der Waals surface area contributed by atoms with Gasteiger partial charge in [0.1, 0.15) is 6.61 Å². The summed E-state index contributed by atoms with van der Waals surface area (Å²) in [6.45, 7) is 0.448. The summed E-state index contributed by atoms with van der Waals surface area (Å²) >= 11 is 0. The van der Waals surface area contributed by atoms with E-state index in [2.05, 4.69) is 29.6 Å². The van der Waals surface area contributed by atoms with Gasteiger partial charge in [-0.15, -0.1) is 0 Å². The highest BCUT2D eigenvalue weighted by Crippen LogP contribution is 2.21. The van der Waals surface area contributed by atoms with Crippen LogP contribution in [0.25, 0.3) is 0 Å². The van der Waals surface area contributed by atoms with Crippen molar-refractivity contribution in [2.24, 2.45) is 0 Å². The fourth-order valence-electron chi connectivity index (χ4n) is 2.69. The van der Waals surface area contributed by atoms with Crippen molar-refractivity contribution < 1.29 is 9.53 Å². The third-order valence-corrected chi connectivity index (χ3v) is 3.96. The number of hydrogen-bond acceptors (Lipinski definition) is 3. The number of hydrogen-bond donors (Lipinski definition) is 1. The molecule has 0 saturated heterocycles. The van der Waals surface area contributed by atoms with E-state index in [1.54, 1.807) is 0 Å². The third-order valence-electron chi connectivity index (χ3n) is 3.96. The second-order valence-electron chi connectivity index (χ2n) is 5.78. The number of carbonyl (C=O) groups excluding carboxylic acids is 1. The van der Waals surface area contributed by atoms with Gasteiger partial charge < -0.3 is 4.74 Å². The normalized spacial score (nSPS) is 10.6. The van der Waals surface area contributed by atoms with Gasteiger partial charge in [-0.2, -0.15) is 0 Å². The second-order valence-corrected chi connectivity index (χ2v) is 5.78. The number of nitrogens with one attached hydrogen (secondary N) is 1. The highest BCUT2D eigenvalue weighted by molar-refractivity contribution is 5.71.